The van der Waals surface area contributed by atoms with Crippen LogP contribution in [0.25, 0.3) is 0 Å². The number of fused-ring (bicyclic) bond motifs is 1. The van der Waals surface area contributed by atoms with Gasteiger partial charge in [-0.05, 0) is 25.0 Å². The predicted molar refractivity (Wildman–Crippen MR) is 83.0 cm³/mol. The molecule has 24 heavy (non-hydrogen) atoms. The fourth-order valence-electron chi connectivity index (χ4n) is 3.24. The van der Waals surface area contributed by atoms with Gasteiger partial charge < -0.3 is 23.8 Å². The number of carbonyl (C=O) groups is 2. The van der Waals surface area contributed by atoms with Gasteiger partial charge in [-0.2, -0.15) is 0 Å². The third kappa shape index (κ3) is 2.91. The van der Waals surface area contributed by atoms with Crippen LogP contribution >= 0.6 is 0 Å². The molecule has 0 aromatic heterocycles. The van der Waals surface area contributed by atoms with E-state index in [2.05, 4.69) is 0 Å². The standard InChI is InChI=1S/C17H19NO6/c19-16-6-11(17(20)22-9-13-2-1-5-21-13)8-18(16)12-3-4-14-15(7-12)24-10-23-14/h3-4,7,11,13H,1-2,5-6,8-10H2/t11-,13-/m0/s1. The molecule has 4 rings (SSSR count). The van der Waals surface area contributed by atoms with Gasteiger partial charge in [-0.25, -0.2) is 0 Å². The average molecular weight is 333 g/mol. The van der Waals surface area contributed by atoms with Gasteiger partial charge in [0.1, 0.15) is 6.61 Å². The molecule has 3 heterocycles. The molecule has 3 aliphatic rings. The van der Waals surface area contributed by atoms with E-state index in [1.54, 1.807) is 23.1 Å². The molecule has 1 amide bonds. The van der Waals surface area contributed by atoms with Gasteiger partial charge in [-0.3, -0.25) is 9.59 Å². The number of esters is 1. The number of hydrogen-bond donors (Lipinski definition) is 0. The Morgan fingerprint density at radius 3 is 3.00 bits per heavy atom. The van der Waals surface area contributed by atoms with Crippen LogP contribution in [-0.4, -0.2) is 44.5 Å². The molecule has 0 spiro atoms. The molecule has 7 heteroatoms. The molecule has 2 atom stereocenters. The first-order valence-electron chi connectivity index (χ1n) is 8.19. The first-order valence-corrected chi connectivity index (χ1v) is 8.19. The highest BCUT2D eigenvalue weighted by Gasteiger charge is 2.37. The van der Waals surface area contributed by atoms with E-state index >= 15 is 0 Å². The predicted octanol–water partition coefficient (Wildman–Crippen LogP) is 1.49. The zero-order valence-corrected chi connectivity index (χ0v) is 13.2. The lowest BCUT2D eigenvalue weighted by Crippen LogP contribution is -2.27. The fraction of sp³-hybridized carbons (Fsp3) is 0.529. The lowest BCUT2D eigenvalue weighted by molar-refractivity contribution is -0.151. The van der Waals surface area contributed by atoms with Crippen LogP contribution in [0.1, 0.15) is 19.3 Å². The summed E-state index contributed by atoms with van der Waals surface area (Å²) in [6.07, 6.45) is 2.08. The van der Waals surface area contributed by atoms with E-state index in [0.29, 0.717) is 23.7 Å². The summed E-state index contributed by atoms with van der Waals surface area (Å²) in [5.74, 6) is 0.418. The Labute approximate surface area is 139 Å². The maximum atomic E-state index is 12.3. The lowest BCUT2D eigenvalue weighted by atomic mass is 10.1. The van der Waals surface area contributed by atoms with Crippen LogP contribution < -0.4 is 14.4 Å². The van der Waals surface area contributed by atoms with E-state index in [-0.39, 0.29) is 37.8 Å². The van der Waals surface area contributed by atoms with E-state index in [4.69, 9.17) is 18.9 Å². The molecule has 0 N–H and O–H groups in total. The smallest absolute Gasteiger partial charge is 0.311 e. The summed E-state index contributed by atoms with van der Waals surface area (Å²) in [4.78, 5) is 26.1. The van der Waals surface area contributed by atoms with Gasteiger partial charge in [0.05, 0.1) is 12.0 Å². The quantitative estimate of drug-likeness (QED) is 0.777. The Bertz CT molecular complexity index is 654. The van der Waals surface area contributed by atoms with Gasteiger partial charge in [-0.15, -0.1) is 0 Å². The van der Waals surface area contributed by atoms with Crippen molar-refractivity contribution in [3.05, 3.63) is 18.2 Å². The summed E-state index contributed by atoms with van der Waals surface area (Å²) in [6, 6.07) is 5.33. The number of ether oxygens (including phenoxy) is 4. The second-order valence-electron chi connectivity index (χ2n) is 6.21. The molecule has 0 bridgehead atoms. The third-order valence-corrected chi connectivity index (χ3v) is 4.56. The maximum absolute atomic E-state index is 12.3. The Hall–Kier alpha value is -2.28. The van der Waals surface area contributed by atoms with Gasteiger partial charge in [-0.1, -0.05) is 0 Å². The number of benzene rings is 1. The number of carbonyl (C=O) groups excluding carboxylic acids is 2. The van der Waals surface area contributed by atoms with Crippen molar-refractivity contribution in [2.45, 2.75) is 25.4 Å². The molecular formula is C17H19NO6. The van der Waals surface area contributed by atoms with Crippen molar-refractivity contribution >= 4 is 17.6 Å². The third-order valence-electron chi connectivity index (χ3n) is 4.56. The number of hydrogen-bond acceptors (Lipinski definition) is 6. The number of anilines is 1. The summed E-state index contributed by atoms with van der Waals surface area (Å²) < 4.78 is 21.4. The molecule has 2 saturated heterocycles. The summed E-state index contributed by atoms with van der Waals surface area (Å²) in [5.41, 5.74) is 0.707. The maximum Gasteiger partial charge on any atom is 0.311 e. The molecular weight excluding hydrogens is 314 g/mol. The van der Waals surface area contributed by atoms with Crippen molar-refractivity contribution < 1.29 is 28.5 Å². The van der Waals surface area contributed by atoms with Crippen molar-refractivity contribution in [1.29, 1.82) is 0 Å². The molecule has 0 radical (unpaired) electrons. The van der Waals surface area contributed by atoms with Gasteiger partial charge >= 0.3 is 5.97 Å². The minimum atomic E-state index is -0.440. The van der Waals surface area contributed by atoms with E-state index in [1.165, 1.54) is 0 Å². The zero-order chi connectivity index (χ0) is 16.5. The first-order chi connectivity index (χ1) is 11.7. The average Bonchev–Trinajstić information content (AvgIpc) is 3.32. The monoisotopic (exact) mass is 333 g/mol. The van der Waals surface area contributed by atoms with E-state index < -0.39 is 5.92 Å². The van der Waals surface area contributed by atoms with Crippen molar-refractivity contribution in [1.82, 2.24) is 0 Å². The first kappa shape index (κ1) is 15.3. The highest BCUT2D eigenvalue weighted by molar-refractivity contribution is 5.99. The molecule has 1 aromatic carbocycles. The van der Waals surface area contributed by atoms with E-state index in [0.717, 1.165) is 19.4 Å². The van der Waals surface area contributed by atoms with E-state index in [9.17, 15) is 9.59 Å². The van der Waals surface area contributed by atoms with Crippen molar-refractivity contribution in [3.8, 4) is 11.5 Å². The Morgan fingerprint density at radius 1 is 1.29 bits per heavy atom. The molecule has 0 aliphatic carbocycles. The fourth-order valence-corrected chi connectivity index (χ4v) is 3.24. The topological polar surface area (TPSA) is 74.3 Å². The Morgan fingerprint density at radius 2 is 2.17 bits per heavy atom. The van der Waals surface area contributed by atoms with Crippen LogP contribution in [0.3, 0.4) is 0 Å². The molecule has 0 saturated carbocycles. The van der Waals surface area contributed by atoms with E-state index in [1.807, 2.05) is 0 Å². The second-order valence-corrected chi connectivity index (χ2v) is 6.21. The van der Waals surface area contributed by atoms with Crippen molar-refractivity contribution in [3.63, 3.8) is 0 Å². The van der Waals surface area contributed by atoms with Crippen LogP contribution in [0.15, 0.2) is 18.2 Å². The van der Waals surface area contributed by atoms with Crippen molar-refractivity contribution in [2.75, 3.05) is 31.5 Å². The minimum absolute atomic E-state index is 0.00369. The molecule has 1 aromatic rings. The molecule has 7 nitrogen and oxygen atoms in total. The van der Waals surface area contributed by atoms with Crippen molar-refractivity contribution in [2.24, 2.45) is 5.92 Å². The number of amides is 1. The van der Waals surface area contributed by atoms with Crippen LogP contribution in [-0.2, 0) is 19.1 Å². The summed E-state index contributed by atoms with van der Waals surface area (Å²) >= 11 is 0. The summed E-state index contributed by atoms with van der Waals surface area (Å²) in [7, 11) is 0. The lowest BCUT2D eigenvalue weighted by Gasteiger charge is -2.17. The Kier molecular flexibility index (Phi) is 4.02. The summed E-state index contributed by atoms with van der Waals surface area (Å²) in [6.45, 7) is 1.50. The van der Waals surface area contributed by atoms with Gasteiger partial charge in [0.25, 0.3) is 0 Å². The van der Waals surface area contributed by atoms with Gasteiger partial charge in [0.2, 0.25) is 12.7 Å². The molecule has 2 fully saturated rings. The highest BCUT2D eigenvalue weighted by Crippen LogP contribution is 2.37. The SMILES string of the molecule is O=C(OC[C@@H]1CCCO1)[C@H]1CC(=O)N(c2ccc3c(c2)OCO3)C1. The van der Waals surface area contributed by atoms with Gasteiger partial charge in [0.15, 0.2) is 11.5 Å². The highest BCUT2D eigenvalue weighted by atomic mass is 16.7. The molecule has 128 valence electrons. The van der Waals surface area contributed by atoms with Crippen LogP contribution in [0.4, 0.5) is 5.69 Å². The second kappa shape index (κ2) is 6.32. The Balaban J connectivity index is 1.38. The summed E-state index contributed by atoms with van der Waals surface area (Å²) in [5, 5.41) is 0. The minimum Gasteiger partial charge on any atom is -0.463 e. The van der Waals surface area contributed by atoms with Crippen LogP contribution in [0.2, 0.25) is 0 Å². The zero-order valence-electron chi connectivity index (χ0n) is 13.2. The number of rotatable bonds is 4. The normalized spacial score (nSPS) is 25.3. The van der Waals surface area contributed by atoms with Crippen LogP contribution in [0.5, 0.6) is 11.5 Å². The van der Waals surface area contributed by atoms with Crippen LogP contribution in [0, 0.1) is 5.92 Å². The molecule has 0 unspecified atom stereocenters. The number of nitrogens with zero attached hydrogens (tertiary/aromatic N) is 1. The molecule has 3 aliphatic heterocycles. The largest absolute Gasteiger partial charge is 0.463 e. The van der Waals surface area contributed by atoms with Gasteiger partial charge in [0, 0.05) is 31.3 Å².